The molecule has 1 saturated carbocycles. The van der Waals surface area contributed by atoms with Gasteiger partial charge in [0.05, 0.1) is 0 Å². The van der Waals surface area contributed by atoms with Crippen molar-refractivity contribution in [3.63, 3.8) is 0 Å². The molecule has 0 aromatic carbocycles. The van der Waals surface area contributed by atoms with Gasteiger partial charge in [-0.2, -0.15) is 0 Å². The van der Waals surface area contributed by atoms with E-state index in [1.807, 2.05) is 0 Å². The van der Waals surface area contributed by atoms with E-state index in [0.29, 0.717) is 12.0 Å². The second kappa shape index (κ2) is 15.9. The van der Waals surface area contributed by atoms with Crippen molar-refractivity contribution in [3.8, 4) is 0 Å². The lowest BCUT2D eigenvalue weighted by molar-refractivity contribution is -0.148. The highest BCUT2D eigenvalue weighted by molar-refractivity contribution is 5.20. The zero-order valence-corrected chi connectivity index (χ0v) is 25.8. The van der Waals surface area contributed by atoms with Crippen molar-refractivity contribution in [2.24, 2.45) is 23.7 Å². The van der Waals surface area contributed by atoms with Crippen LogP contribution in [0.2, 0.25) is 0 Å². The maximum absolute atomic E-state index is 12.8. The molecule has 0 amide bonds. The standard InChI is InChI=1S/C35H65NO/c1-6-19-29(8-3)31-25-24-30-20-15-11-9-13-17-22-33(30)36(35(37,26-7-2)27-28(4)5)34-23-18-14-10-12-16-21-32(31)34/h28-29,31-32,34,37H,6-27H2,1-5H3/b33-30-. The van der Waals surface area contributed by atoms with Gasteiger partial charge in [-0.3, -0.25) is 0 Å². The van der Waals surface area contributed by atoms with E-state index in [1.54, 1.807) is 11.3 Å². The van der Waals surface area contributed by atoms with Crippen LogP contribution < -0.4 is 0 Å². The largest absolute Gasteiger partial charge is 0.371 e. The van der Waals surface area contributed by atoms with Gasteiger partial charge in [0.1, 0.15) is 5.72 Å². The number of allylic oxidation sites excluding steroid dienone is 2. The van der Waals surface area contributed by atoms with Gasteiger partial charge in [0.15, 0.2) is 0 Å². The van der Waals surface area contributed by atoms with Crippen molar-refractivity contribution in [2.75, 3.05) is 0 Å². The van der Waals surface area contributed by atoms with Crippen LogP contribution in [0.1, 0.15) is 176 Å². The van der Waals surface area contributed by atoms with E-state index in [9.17, 15) is 5.11 Å². The van der Waals surface area contributed by atoms with Crippen LogP contribution in [0.25, 0.3) is 0 Å². The molecule has 1 heterocycles. The van der Waals surface area contributed by atoms with Gasteiger partial charge >= 0.3 is 0 Å². The van der Waals surface area contributed by atoms with Gasteiger partial charge in [-0.1, -0.05) is 117 Å². The Balaban J connectivity index is 2.20. The second-order valence-electron chi connectivity index (χ2n) is 13.8. The normalized spacial score (nSPS) is 31.2. The number of hydrogen-bond donors (Lipinski definition) is 1. The van der Waals surface area contributed by atoms with E-state index in [-0.39, 0.29) is 0 Å². The molecule has 2 nitrogen and oxygen atoms in total. The average Bonchev–Trinajstić information content (AvgIpc) is 3.03. The molecule has 5 unspecified atom stereocenters. The van der Waals surface area contributed by atoms with Gasteiger partial charge in [0.25, 0.3) is 0 Å². The summed E-state index contributed by atoms with van der Waals surface area (Å²) in [6.07, 6.45) is 28.6. The smallest absolute Gasteiger partial charge is 0.138 e. The predicted octanol–water partition coefficient (Wildman–Crippen LogP) is 10.8. The molecule has 1 aliphatic heterocycles. The van der Waals surface area contributed by atoms with Gasteiger partial charge in [-0.25, -0.2) is 0 Å². The zero-order valence-electron chi connectivity index (χ0n) is 25.8. The average molecular weight is 516 g/mol. The highest BCUT2D eigenvalue weighted by Gasteiger charge is 2.46. The number of nitrogens with zero attached hydrogens (tertiary/aromatic N) is 1. The van der Waals surface area contributed by atoms with E-state index in [1.165, 1.54) is 122 Å². The van der Waals surface area contributed by atoms with Gasteiger partial charge in [0.2, 0.25) is 0 Å². The summed E-state index contributed by atoms with van der Waals surface area (Å²) in [7, 11) is 0. The van der Waals surface area contributed by atoms with Crippen molar-refractivity contribution < 1.29 is 5.11 Å². The van der Waals surface area contributed by atoms with E-state index < -0.39 is 5.72 Å². The summed E-state index contributed by atoms with van der Waals surface area (Å²) < 4.78 is 0. The van der Waals surface area contributed by atoms with Gasteiger partial charge < -0.3 is 10.0 Å². The Hall–Kier alpha value is -0.500. The van der Waals surface area contributed by atoms with Gasteiger partial charge in [-0.15, -0.1) is 0 Å². The first kappa shape index (κ1) is 31.0. The Kier molecular flexibility index (Phi) is 13.4. The molecule has 0 spiro atoms. The Labute approximate surface area is 232 Å². The van der Waals surface area contributed by atoms with Crippen LogP contribution >= 0.6 is 0 Å². The molecule has 1 N–H and O–H groups in total. The van der Waals surface area contributed by atoms with Crippen LogP contribution in [-0.4, -0.2) is 21.8 Å². The fraction of sp³-hybridized carbons (Fsp3) is 0.943. The second-order valence-corrected chi connectivity index (χ2v) is 13.8. The first-order valence-corrected chi connectivity index (χ1v) is 17.2. The fourth-order valence-electron chi connectivity index (χ4n) is 8.90. The number of rotatable bonds is 9. The van der Waals surface area contributed by atoms with Crippen LogP contribution in [0.5, 0.6) is 0 Å². The molecule has 0 aromatic heterocycles. The molecule has 0 aromatic rings. The monoisotopic (exact) mass is 516 g/mol. The molecule has 3 rings (SSSR count). The summed E-state index contributed by atoms with van der Waals surface area (Å²) in [5, 5.41) is 12.8. The number of fused-ring (bicyclic) bond motifs is 1. The lowest BCUT2D eigenvalue weighted by Crippen LogP contribution is -2.58. The molecule has 5 atom stereocenters. The molecular formula is C35H65NO. The summed E-state index contributed by atoms with van der Waals surface area (Å²) in [6, 6.07) is 0.523. The Morgan fingerprint density at radius 2 is 1.43 bits per heavy atom. The molecule has 2 heteroatoms. The topological polar surface area (TPSA) is 23.5 Å². The summed E-state index contributed by atoms with van der Waals surface area (Å²) >= 11 is 0. The quantitative estimate of drug-likeness (QED) is 0.330. The van der Waals surface area contributed by atoms with Crippen molar-refractivity contribution in [2.45, 2.75) is 188 Å². The number of aliphatic hydroxyl groups is 1. The molecule has 0 saturated heterocycles. The fourth-order valence-corrected chi connectivity index (χ4v) is 8.90. The van der Waals surface area contributed by atoms with Crippen molar-refractivity contribution in [1.82, 2.24) is 4.90 Å². The minimum absolute atomic E-state index is 0.511. The Morgan fingerprint density at radius 3 is 2.08 bits per heavy atom. The molecule has 0 radical (unpaired) electrons. The first-order valence-electron chi connectivity index (χ1n) is 17.2. The summed E-state index contributed by atoms with van der Waals surface area (Å²) in [4.78, 5) is 2.82. The van der Waals surface area contributed by atoms with Crippen LogP contribution in [0.4, 0.5) is 0 Å². The van der Waals surface area contributed by atoms with Crippen molar-refractivity contribution >= 4 is 0 Å². The lowest BCUT2D eigenvalue weighted by atomic mass is 9.67. The summed E-state index contributed by atoms with van der Waals surface area (Å²) in [5.74, 6) is 2.92. The van der Waals surface area contributed by atoms with Gasteiger partial charge in [0, 0.05) is 11.7 Å². The molecule has 3 aliphatic rings. The molecule has 1 fully saturated rings. The molecule has 0 bridgehead atoms. The third-order valence-electron chi connectivity index (χ3n) is 10.4. The van der Waals surface area contributed by atoms with Crippen LogP contribution in [-0.2, 0) is 0 Å². The van der Waals surface area contributed by atoms with Crippen LogP contribution in [0.15, 0.2) is 11.3 Å². The summed E-state index contributed by atoms with van der Waals surface area (Å²) in [5.41, 5.74) is 2.70. The van der Waals surface area contributed by atoms with E-state index in [2.05, 4.69) is 39.5 Å². The van der Waals surface area contributed by atoms with Crippen LogP contribution in [0, 0.1) is 23.7 Å². The Morgan fingerprint density at radius 1 is 0.784 bits per heavy atom. The predicted molar refractivity (Wildman–Crippen MR) is 162 cm³/mol. The van der Waals surface area contributed by atoms with E-state index in [4.69, 9.17) is 0 Å². The molecule has 37 heavy (non-hydrogen) atoms. The maximum Gasteiger partial charge on any atom is 0.138 e. The SMILES string of the molecule is CCCC(CC)C1CC/C2=C(/CCCCCCC2)N(C(O)(CCC)CC(C)C)C2CCCCCCCC12. The molecular weight excluding hydrogens is 450 g/mol. The third kappa shape index (κ3) is 8.49. The highest BCUT2D eigenvalue weighted by atomic mass is 16.3. The van der Waals surface area contributed by atoms with Crippen molar-refractivity contribution in [1.29, 1.82) is 0 Å². The minimum atomic E-state index is -0.692. The van der Waals surface area contributed by atoms with Crippen molar-refractivity contribution in [3.05, 3.63) is 11.3 Å². The highest BCUT2D eigenvalue weighted by Crippen LogP contribution is 2.48. The Bertz CT molecular complexity index is 668. The van der Waals surface area contributed by atoms with E-state index >= 15 is 0 Å². The van der Waals surface area contributed by atoms with Crippen LogP contribution in [0.3, 0.4) is 0 Å². The third-order valence-corrected chi connectivity index (χ3v) is 10.4. The molecule has 216 valence electrons. The minimum Gasteiger partial charge on any atom is -0.371 e. The lowest BCUT2D eigenvalue weighted by Gasteiger charge is -2.54. The number of hydrogen-bond acceptors (Lipinski definition) is 2. The summed E-state index contributed by atoms with van der Waals surface area (Å²) in [6.45, 7) is 11.8. The van der Waals surface area contributed by atoms with Gasteiger partial charge in [-0.05, 0) is 87.9 Å². The molecule has 2 aliphatic carbocycles. The first-order chi connectivity index (χ1) is 17.9. The maximum atomic E-state index is 12.8. The van der Waals surface area contributed by atoms with E-state index in [0.717, 1.165) is 37.0 Å². The zero-order chi connectivity index (χ0) is 26.7.